The van der Waals surface area contributed by atoms with E-state index in [1.807, 2.05) is 4.68 Å². The van der Waals surface area contributed by atoms with Gasteiger partial charge in [0.2, 0.25) is 0 Å². The Balaban J connectivity index is 1.95. The SMILES string of the molecule is CC(C)Cn1ncnc1CN1CCC(C)C(Br)C1. The highest BCUT2D eigenvalue weighted by atomic mass is 79.9. The van der Waals surface area contributed by atoms with Crippen LogP contribution in [0.5, 0.6) is 0 Å². The summed E-state index contributed by atoms with van der Waals surface area (Å²) in [6.45, 7) is 10.9. The second kappa shape index (κ2) is 6.15. The lowest BCUT2D eigenvalue weighted by Crippen LogP contribution is -2.40. The van der Waals surface area contributed by atoms with Crippen molar-refractivity contribution in [3.8, 4) is 0 Å². The Morgan fingerprint density at radius 1 is 1.50 bits per heavy atom. The zero-order chi connectivity index (χ0) is 13.1. The number of rotatable bonds is 4. The molecule has 1 aromatic rings. The molecule has 0 aliphatic carbocycles. The van der Waals surface area contributed by atoms with Crippen molar-refractivity contribution < 1.29 is 0 Å². The number of piperidine rings is 1. The third kappa shape index (κ3) is 3.54. The molecule has 0 bridgehead atoms. The van der Waals surface area contributed by atoms with Gasteiger partial charge >= 0.3 is 0 Å². The van der Waals surface area contributed by atoms with Gasteiger partial charge in [-0.15, -0.1) is 0 Å². The first-order valence-corrected chi connectivity index (χ1v) is 7.71. The number of aromatic nitrogens is 3. The van der Waals surface area contributed by atoms with E-state index >= 15 is 0 Å². The minimum absolute atomic E-state index is 0.604. The summed E-state index contributed by atoms with van der Waals surface area (Å²) in [6, 6.07) is 0. The fourth-order valence-corrected chi connectivity index (χ4v) is 3.01. The van der Waals surface area contributed by atoms with E-state index in [0.29, 0.717) is 10.7 Å². The summed E-state index contributed by atoms with van der Waals surface area (Å²) in [5.41, 5.74) is 0. The molecule has 0 aromatic carbocycles. The zero-order valence-electron chi connectivity index (χ0n) is 11.5. The van der Waals surface area contributed by atoms with Gasteiger partial charge < -0.3 is 0 Å². The van der Waals surface area contributed by atoms with E-state index in [4.69, 9.17) is 0 Å². The predicted molar refractivity (Wildman–Crippen MR) is 76.6 cm³/mol. The second-order valence-corrected chi connectivity index (χ2v) is 6.95. The summed E-state index contributed by atoms with van der Waals surface area (Å²) in [7, 11) is 0. The van der Waals surface area contributed by atoms with E-state index in [2.05, 4.69) is 51.7 Å². The van der Waals surface area contributed by atoms with Crippen molar-refractivity contribution in [3.63, 3.8) is 0 Å². The standard InChI is InChI=1S/C13H23BrN4/c1-10(2)6-18-13(15-9-16-18)8-17-5-4-11(3)12(14)7-17/h9-12H,4-8H2,1-3H3. The maximum atomic E-state index is 4.40. The summed E-state index contributed by atoms with van der Waals surface area (Å²) < 4.78 is 2.05. The van der Waals surface area contributed by atoms with Gasteiger partial charge in [0.05, 0.1) is 6.54 Å². The number of hydrogen-bond donors (Lipinski definition) is 0. The summed E-state index contributed by atoms with van der Waals surface area (Å²) >= 11 is 3.77. The van der Waals surface area contributed by atoms with Gasteiger partial charge in [0.1, 0.15) is 12.2 Å². The molecule has 2 atom stereocenters. The first-order chi connectivity index (χ1) is 8.56. The van der Waals surface area contributed by atoms with Crippen LogP contribution in [0.15, 0.2) is 6.33 Å². The smallest absolute Gasteiger partial charge is 0.141 e. The van der Waals surface area contributed by atoms with E-state index in [9.17, 15) is 0 Å². The topological polar surface area (TPSA) is 34.0 Å². The molecule has 0 amide bonds. The van der Waals surface area contributed by atoms with Crippen molar-refractivity contribution in [1.82, 2.24) is 19.7 Å². The van der Waals surface area contributed by atoms with Gasteiger partial charge in [-0.3, -0.25) is 4.90 Å². The normalized spacial score (nSPS) is 25.8. The van der Waals surface area contributed by atoms with Crippen molar-refractivity contribution in [2.24, 2.45) is 11.8 Å². The molecule has 5 heteroatoms. The van der Waals surface area contributed by atoms with Crippen LogP contribution in [0.1, 0.15) is 33.0 Å². The van der Waals surface area contributed by atoms with Crippen LogP contribution in [0.3, 0.4) is 0 Å². The van der Waals surface area contributed by atoms with Crippen LogP contribution in [0, 0.1) is 11.8 Å². The molecule has 1 saturated heterocycles. The maximum Gasteiger partial charge on any atom is 0.141 e. The summed E-state index contributed by atoms with van der Waals surface area (Å²) in [5, 5.41) is 4.32. The van der Waals surface area contributed by atoms with Crippen LogP contribution in [0.4, 0.5) is 0 Å². The third-order valence-corrected chi connectivity index (χ3v) is 4.74. The Morgan fingerprint density at radius 3 is 2.94 bits per heavy atom. The average Bonchev–Trinajstić information content (AvgIpc) is 2.70. The molecule has 0 spiro atoms. The van der Waals surface area contributed by atoms with Crippen molar-refractivity contribution in [2.75, 3.05) is 13.1 Å². The van der Waals surface area contributed by atoms with Crippen LogP contribution < -0.4 is 0 Å². The first kappa shape index (κ1) is 14.0. The van der Waals surface area contributed by atoms with Gasteiger partial charge in [-0.25, -0.2) is 9.67 Å². The maximum absolute atomic E-state index is 4.40. The van der Waals surface area contributed by atoms with E-state index in [1.165, 1.54) is 6.42 Å². The van der Waals surface area contributed by atoms with Gasteiger partial charge in [-0.05, 0) is 24.8 Å². The Bertz CT molecular complexity index is 377. The van der Waals surface area contributed by atoms with Gasteiger partial charge in [-0.2, -0.15) is 5.10 Å². The van der Waals surface area contributed by atoms with Gasteiger partial charge in [-0.1, -0.05) is 36.7 Å². The van der Waals surface area contributed by atoms with Crippen molar-refractivity contribution in [2.45, 2.75) is 45.1 Å². The molecule has 4 nitrogen and oxygen atoms in total. The van der Waals surface area contributed by atoms with Crippen LogP contribution in [0.2, 0.25) is 0 Å². The summed E-state index contributed by atoms with van der Waals surface area (Å²) in [5.74, 6) is 2.48. The predicted octanol–water partition coefficient (Wildman–Crippen LogP) is 2.54. The van der Waals surface area contributed by atoms with E-state index in [-0.39, 0.29) is 0 Å². The highest BCUT2D eigenvalue weighted by molar-refractivity contribution is 9.09. The van der Waals surface area contributed by atoms with Crippen LogP contribution in [-0.2, 0) is 13.1 Å². The average molecular weight is 315 g/mol. The summed E-state index contributed by atoms with van der Waals surface area (Å²) in [6.07, 6.45) is 2.93. The first-order valence-electron chi connectivity index (χ1n) is 6.79. The number of nitrogens with zero attached hydrogens (tertiary/aromatic N) is 4. The minimum Gasteiger partial charge on any atom is -0.295 e. The van der Waals surface area contributed by atoms with E-state index in [0.717, 1.165) is 37.9 Å². The van der Waals surface area contributed by atoms with Gasteiger partial charge in [0.15, 0.2) is 0 Å². The number of alkyl halides is 1. The quantitative estimate of drug-likeness (QED) is 0.801. The molecule has 2 rings (SSSR count). The molecule has 1 fully saturated rings. The Morgan fingerprint density at radius 2 is 2.28 bits per heavy atom. The lowest BCUT2D eigenvalue weighted by atomic mass is 9.99. The largest absolute Gasteiger partial charge is 0.295 e. The monoisotopic (exact) mass is 314 g/mol. The molecule has 0 N–H and O–H groups in total. The molecule has 1 aliphatic rings. The van der Waals surface area contributed by atoms with Crippen LogP contribution in [-0.4, -0.2) is 37.6 Å². The second-order valence-electron chi connectivity index (χ2n) is 5.77. The fraction of sp³-hybridized carbons (Fsp3) is 0.846. The van der Waals surface area contributed by atoms with Crippen LogP contribution >= 0.6 is 15.9 Å². The number of likely N-dealkylation sites (tertiary alicyclic amines) is 1. The van der Waals surface area contributed by atoms with Crippen LogP contribution in [0.25, 0.3) is 0 Å². The highest BCUT2D eigenvalue weighted by Crippen LogP contribution is 2.24. The molecular formula is C13H23BrN4. The molecule has 2 unspecified atom stereocenters. The minimum atomic E-state index is 0.604. The lowest BCUT2D eigenvalue weighted by Gasteiger charge is -2.33. The molecule has 0 saturated carbocycles. The third-order valence-electron chi connectivity index (χ3n) is 3.55. The molecule has 1 aliphatic heterocycles. The fourth-order valence-electron chi connectivity index (χ4n) is 2.34. The Labute approximate surface area is 118 Å². The molecule has 18 heavy (non-hydrogen) atoms. The van der Waals surface area contributed by atoms with E-state index in [1.54, 1.807) is 6.33 Å². The highest BCUT2D eigenvalue weighted by Gasteiger charge is 2.24. The summed E-state index contributed by atoms with van der Waals surface area (Å²) in [4.78, 5) is 7.48. The molecule has 2 heterocycles. The zero-order valence-corrected chi connectivity index (χ0v) is 13.1. The van der Waals surface area contributed by atoms with Crippen molar-refractivity contribution in [3.05, 3.63) is 12.2 Å². The van der Waals surface area contributed by atoms with Gasteiger partial charge in [0.25, 0.3) is 0 Å². The molecular weight excluding hydrogens is 292 g/mol. The number of halogens is 1. The van der Waals surface area contributed by atoms with E-state index < -0.39 is 0 Å². The molecule has 0 radical (unpaired) electrons. The lowest BCUT2D eigenvalue weighted by molar-refractivity contribution is 0.186. The Hall–Kier alpha value is -0.420. The molecule has 1 aromatic heterocycles. The van der Waals surface area contributed by atoms with Gasteiger partial charge in [0, 0.05) is 17.9 Å². The van der Waals surface area contributed by atoms with Crippen molar-refractivity contribution in [1.29, 1.82) is 0 Å². The Kier molecular flexibility index (Phi) is 4.78. The number of hydrogen-bond acceptors (Lipinski definition) is 3. The van der Waals surface area contributed by atoms with Crippen molar-refractivity contribution >= 4 is 15.9 Å². The molecule has 102 valence electrons.